The number of hydrogen-bond acceptors (Lipinski definition) is 8. The van der Waals surface area contributed by atoms with Gasteiger partial charge in [0.2, 0.25) is 13.3 Å². The lowest BCUT2D eigenvalue weighted by molar-refractivity contribution is -0.108. The molecule has 0 aliphatic heterocycles. The van der Waals surface area contributed by atoms with Crippen LogP contribution in [0.2, 0.25) is 0 Å². The number of halogens is 3. The Kier molecular flexibility index (Phi) is 7.10. The van der Waals surface area contributed by atoms with E-state index in [4.69, 9.17) is 15.2 Å². The van der Waals surface area contributed by atoms with E-state index in [-0.39, 0.29) is 19.1 Å². The molecule has 3 rings (SSSR count). The molecule has 1 atom stereocenters. The van der Waals surface area contributed by atoms with Crippen molar-refractivity contribution in [3.05, 3.63) is 30.6 Å². The van der Waals surface area contributed by atoms with Gasteiger partial charge in [0.25, 0.3) is 0 Å². The highest BCUT2D eigenvalue weighted by Crippen LogP contribution is 2.45. The second-order valence-corrected chi connectivity index (χ2v) is 9.70. The molecule has 0 saturated heterocycles. The molecule has 14 heteroatoms. The summed E-state index contributed by atoms with van der Waals surface area (Å²) in [5.41, 5.74) is 6.70. The van der Waals surface area contributed by atoms with Crippen molar-refractivity contribution in [3.63, 3.8) is 0 Å². The van der Waals surface area contributed by atoms with Crippen LogP contribution < -0.4 is 10.5 Å². The molecule has 1 unspecified atom stereocenters. The second kappa shape index (κ2) is 9.43. The van der Waals surface area contributed by atoms with E-state index in [1.165, 1.54) is 18.1 Å². The van der Waals surface area contributed by atoms with E-state index in [0.29, 0.717) is 21.9 Å². The molecule has 0 fully saturated rings. The largest absolute Gasteiger partial charge is 0.496 e. The number of fused-ring (bicyclic) bond motifs is 1. The minimum absolute atomic E-state index is 0.0117. The second-order valence-electron chi connectivity index (χ2n) is 6.41. The lowest BCUT2D eigenvalue weighted by Gasteiger charge is -2.14. The van der Waals surface area contributed by atoms with Crippen molar-refractivity contribution in [2.75, 3.05) is 32.0 Å². The molecule has 9 nitrogen and oxygen atoms in total. The Morgan fingerprint density at radius 2 is 2.03 bits per heavy atom. The fourth-order valence-corrected chi connectivity index (χ4v) is 4.73. The normalized spacial score (nSPS) is 14.0. The number of nitrogens with zero attached hydrogens (tertiary/aromatic N) is 4. The topological polar surface area (TPSA) is 125 Å². The van der Waals surface area contributed by atoms with E-state index in [9.17, 15) is 22.6 Å². The highest BCUT2D eigenvalue weighted by atomic mass is 32.2. The Morgan fingerprint density at radius 3 is 2.74 bits per heavy atom. The smallest absolute Gasteiger partial charge is 0.398 e. The maximum atomic E-state index is 12.3. The molecule has 3 N–H and O–H groups in total. The monoisotopic (exact) mass is 477 g/mol. The highest BCUT2D eigenvalue weighted by molar-refractivity contribution is 7.99. The van der Waals surface area contributed by atoms with Gasteiger partial charge >= 0.3 is 6.18 Å². The molecule has 0 spiro atoms. The lowest BCUT2D eigenvalue weighted by Crippen LogP contribution is -2.17. The molecule has 1 aromatic carbocycles. The maximum absolute atomic E-state index is 12.3. The standard InChI is InChI=1S/C17H19F3N5O4PS/c1-28-11-4-2-3-5-12(11)31-15-13-14(23-16(21)24-15)25(9-22-13)6-7-29-10-30(26,27)8-17(18,19)20/h2-5,9H,6-8,10H2,1H3,(H,26,27)(H2,21,23,24). The third kappa shape index (κ3) is 6.33. The van der Waals surface area contributed by atoms with Crippen molar-refractivity contribution in [3.8, 4) is 5.75 Å². The molecule has 0 saturated carbocycles. The molecule has 31 heavy (non-hydrogen) atoms. The molecular weight excluding hydrogens is 458 g/mol. The molecular formula is C17H19F3N5O4PS. The number of nitrogen functional groups attached to an aromatic ring is 1. The van der Waals surface area contributed by atoms with E-state index >= 15 is 0 Å². The van der Waals surface area contributed by atoms with Crippen molar-refractivity contribution in [2.45, 2.75) is 22.6 Å². The third-order valence-electron chi connectivity index (χ3n) is 3.92. The number of imidazole rings is 1. The average Bonchev–Trinajstić information content (AvgIpc) is 3.06. The zero-order valence-electron chi connectivity index (χ0n) is 16.2. The average molecular weight is 477 g/mol. The van der Waals surface area contributed by atoms with E-state index in [2.05, 4.69) is 15.0 Å². The van der Waals surface area contributed by atoms with E-state index in [0.717, 1.165) is 4.90 Å². The summed E-state index contributed by atoms with van der Waals surface area (Å²) < 4.78 is 60.4. The number of ether oxygens (including phenoxy) is 2. The number of aromatic nitrogens is 4. The van der Waals surface area contributed by atoms with Gasteiger partial charge < -0.3 is 24.7 Å². The van der Waals surface area contributed by atoms with Crippen molar-refractivity contribution in [1.82, 2.24) is 19.5 Å². The summed E-state index contributed by atoms with van der Waals surface area (Å²) in [5, 5.41) is 0.497. The molecule has 2 heterocycles. The van der Waals surface area contributed by atoms with E-state index in [1.54, 1.807) is 17.7 Å². The molecule has 0 radical (unpaired) electrons. The van der Waals surface area contributed by atoms with Crippen molar-refractivity contribution in [2.24, 2.45) is 0 Å². The lowest BCUT2D eigenvalue weighted by atomic mass is 10.3. The summed E-state index contributed by atoms with van der Waals surface area (Å²) in [5.74, 6) is 0.663. The summed E-state index contributed by atoms with van der Waals surface area (Å²) in [6.45, 7) is 0.0183. The van der Waals surface area contributed by atoms with Crippen LogP contribution in [0.5, 0.6) is 5.75 Å². The number of anilines is 1. The first-order chi connectivity index (χ1) is 14.6. The van der Waals surface area contributed by atoms with E-state index < -0.39 is 26.1 Å². The van der Waals surface area contributed by atoms with Crippen LogP contribution in [0.3, 0.4) is 0 Å². The van der Waals surface area contributed by atoms with Crippen LogP contribution in [0.15, 0.2) is 40.5 Å². The van der Waals surface area contributed by atoms with Crippen LogP contribution in [0, 0.1) is 0 Å². The van der Waals surface area contributed by atoms with Crippen LogP contribution in [0.25, 0.3) is 11.2 Å². The summed E-state index contributed by atoms with van der Waals surface area (Å²) in [6.07, 6.45) is -5.96. The summed E-state index contributed by atoms with van der Waals surface area (Å²) in [7, 11) is -2.91. The van der Waals surface area contributed by atoms with Gasteiger partial charge in [0, 0.05) is 6.54 Å². The number of benzene rings is 1. The van der Waals surface area contributed by atoms with Crippen LogP contribution in [-0.4, -0.2) is 56.8 Å². The Bertz CT molecular complexity index is 1110. The van der Waals surface area contributed by atoms with Gasteiger partial charge in [-0.3, -0.25) is 4.57 Å². The van der Waals surface area contributed by atoms with Gasteiger partial charge in [-0.15, -0.1) is 0 Å². The molecule has 0 aliphatic carbocycles. The Hall–Kier alpha value is -2.34. The molecule has 168 valence electrons. The number of nitrogens with two attached hydrogens (primary N) is 1. The number of alkyl halides is 3. The summed E-state index contributed by atoms with van der Waals surface area (Å²) >= 11 is 1.29. The van der Waals surface area contributed by atoms with Crippen molar-refractivity contribution < 1.29 is 32.1 Å². The number of para-hydroxylation sites is 1. The molecule has 3 aromatic rings. The van der Waals surface area contributed by atoms with Gasteiger partial charge in [0.15, 0.2) is 5.65 Å². The first kappa shape index (κ1) is 23.3. The Balaban J connectivity index is 1.72. The zero-order chi connectivity index (χ0) is 22.6. The summed E-state index contributed by atoms with van der Waals surface area (Å²) in [4.78, 5) is 22.9. The SMILES string of the molecule is COc1ccccc1Sc1nc(N)nc2c1ncn2CCOCP(=O)(O)CC(F)(F)F. The molecule has 0 aliphatic rings. The first-order valence-electron chi connectivity index (χ1n) is 8.82. The minimum Gasteiger partial charge on any atom is -0.496 e. The van der Waals surface area contributed by atoms with E-state index in [1.807, 2.05) is 18.2 Å². The van der Waals surface area contributed by atoms with Gasteiger partial charge in [0.05, 0.1) is 24.9 Å². The Morgan fingerprint density at radius 1 is 1.29 bits per heavy atom. The van der Waals surface area contributed by atoms with Crippen molar-refractivity contribution >= 4 is 36.2 Å². The molecule has 2 aromatic heterocycles. The van der Waals surface area contributed by atoms with Gasteiger partial charge in [-0.1, -0.05) is 23.9 Å². The molecule has 0 amide bonds. The van der Waals surface area contributed by atoms with Crippen molar-refractivity contribution in [1.29, 1.82) is 0 Å². The first-order valence-corrected chi connectivity index (χ1v) is 11.7. The fourth-order valence-electron chi connectivity index (χ4n) is 2.67. The number of rotatable bonds is 9. The predicted molar refractivity (Wildman–Crippen MR) is 108 cm³/mol. The van der Waals surface area contributed by atoms with Gasteiger partial charge in [0.1, 0.15) is 28.8 Å². The van der Waals surface area contributed by atoms with Gasteiger partial charge in [-0.05, 0) is 12.1 Å². The third-order valence-corrected chi connectivity index (χ3v) is 6.39. The summed E-state index contributed by atoms with van der Waals surface area (Å²) in [6, 6.07) is 7.34. The van der Waals surface area contributed by atoms with Crippen LogP contribution in [0.1, 0.15) is 0 Å². The predicted octanol–water partition coefficient (Wildman–Crippen LogP) is 3.38. The van der Waals surface area contributed by atoms with Crippen LogP contribution in [0.4, 0.5) is 19.1 Å². The van der Waals surface area contributed by atoms with Crippen LogP contribution >= 0.6 is 19.1 Å². The zero-order valence-corrected chi connectivity index (χ0v) is 18.0. The Labute approximate surface area is 179 Å². The van der Waals surface area contributed by atoms with Crippen LogP contribution in [-0.2, 0) is 15.8 Å². The molecule has 0 bridgehead atoms. The fraction of sp³-hybridized carbons (Fsp3) is 0.353. The maximum Gasteiger partial charge on any atom is 0.398 e. The van der Waals surface area contributed by atoms with Gasteiger partial charge in [-0.25, -0.2) is 9.97 Å². The number of methoxy groups -OCH3 is 1. The highest BCUT2D eigenvalue weighted by Gasteiger charge is 2.38. The number of hydrogen-bond donors (Lipinski definition) is 2. The van der Waals surface area contributed by atoms with Gasteiger partial charge in [-0.2, -0.15) is 18.2 Å². The quantitative estimate of drug-likeness (QED) is 0.271. The minimum atomic E-state index is -4.74.